The Bertz CT molecular complexity index is 1250. The highest BCUT2D eigenvalue weighted by Crippen LogP contribution is 2.39. The third-order valence-corrected chi connectivity index (χ3v) is 7.40. The van der Waals surface area contributed by atoms with E-state index in [9.17, 15) is 14.4 Å². The fraction of sp³-hybridized carbons (Fsp3) is 0.409. The Labute approximate surface area is 193 Å². The summed E-state index contributed by atoms with van der Waals surface area (Å²) in [6.07, 6.45) is 5.44. The number of pyridine rings is 1. The van der Waals surface area contributed by atoms with E-state index in [4.69, 9.17) is 4.74 Å². The molecule has 0 spiro atoms. The molecule has 10 heteroatoms. The number of amides is 1. The molecule has 0 radical (unpaired) electrons. The molecule has 0 saturated heterocycles. The van der Waals surface area contributed by atoms with Crippen LogP contribution in [0.25, 0.3) is 5.65 Å². The number of fused-ring (bicyclic) bond motifs is 2. The number of ether oxygens (including phenoxy) is 1. The molecule has 1 atom stereocenters. The van der Waals surface area contributed by atoms with Gasteiger partial charge in [0.05, 0.1) is 17.4 Å². The molecule has 0 unspecified atom stereocenters. The Morgan fingerprint density at radius 2 is 2.09 bits per heavy atom. The van der Waals surface area contributed by atoms with Crippen molar-refractivity contribution in [2.24, 2.45) is 0 Å². The quantitative estimate of drug-likeness (QED) is 0.432. The molecule has 3 heterocycles. The minimum Gasteiger partial charge on any atom is -0.462 e. The van der Waals surface area contributed by atoms with E-state index in [0.29, 0.717) is 16.2 Å². The molecular formula is C22H24N4O4S2. The van der Waals surface area contributed by atoms with Crippen LogP contribution in [-0.4, -0.2) is 38.1 Å². The average Bonchev–Trinajstić information content (AvgIpc) is 3.11. The topological polar surface area (TPSA) is 103 Å². The number of aryl methyl sites for hydroxylation is 2. The summed E-state index contributed by atoms with van der Waals surface area (Å²) in [5, 5.41) is 3.10. The number of esters is 1. The lowest BCUT2D eigenvalue weighted by atomic mass is 9.95. The van der Waals surface area contributed by atoms with E-state index >= 15 is 0 Å². The van der Waals surface area contributed by atoms with Crippen LogP contribution in [0.15, 0.2) is 28.3 Å². The fourth-order valence-corrected chi connectivity index (χ4v) is 5.69. The minimum absolute atomic E-state index is 0.236. The number of anilines is 1. The molecule has 3 aromatic rings. The maximum absolute atomic E-state index is 12.9. The minimum atomic E-state index is -0.573. The Kier molecular flexibility index (Phi) is 6.61. The Balaban J connectivity index is 1.56. The summed E-state index contributed by atoms with van der Waals surface area (Å²) in [6, 6.07) is 3.60. The van der Waals surface area contributed by atoms with Crippen molar-refractivity contribution in [2.45, 2.75) is 56.9 Å². The molecule has 4 rings (SSSR count). The highest BCUT2D eigenvalue weighted by molar-refractivity contribution is 8.00. The molecule has 1 N–H and O–H groups in total. The van der Waals surface area contributed by atoms with Crippen molar-refractivity contribution >= 4 is 45.6 Å². The number of thiophene rings is 1. The van der Waals surface area contributed by atoms with Crippen molar-refractivity contribution in [3.63, 3.8) is 0 Å². The van der Waals surface area contributed by atoms with E-state index in [1.54, 1.807) is 26.1 Å². The van der Waals surface area contributed by atoms with Gasteiger partial charge in [0, 0.05) is 11.1 Å². The first kappa shape index (κ1) is 22.5. The molecule has 1 aliphatic carbocycles. The van der Waals surface area contributed by atoms with Gasteiger partial charge in [0.2, 0.25) is 5.91 Å². The van der Waals surface area contributed by atoms with Crippen molar-refractivity contribution in [3.05, 3.63) is 50.4 Å². The second-order valence-corrected chi connectivity index (χ2v) is 10.0. The lowest BCUT2D eigenvalue weighted by Crippen LogP contribution is -2.25. The van der Waals surface area contributed by atoms with Crippen molar-refractivity contribution in [1.82, 2.24) is 14.4 Å². The lowest BCUT2D eigenvalue weighted by Gasteiger charge is -2.13. The maximum atomic E-state index is 12.9. The van der Waals surface area contributed by atoms with E-state index in [-0.39, 0.29) is 17.7 Å². The number of nitrogens with one attached hydrogen (secondary N) is 1. The molecule has 1 aliphatic rings. The zero-order valence-corrected chi connectivity index (χ0v) is 19.8. The van der Waals surface area contributed by atoms with E-state index in [1.165, 1.54) is 15.7 Å². The van der Waals surface area contributed by atoms with Crippen LogP contribution in [0, 0.1) is 6.92 Å². The molecule has 168 valence electrons. The van der Waals surface area contributed by atoms with Gasteiger partial charge in [-0.15, -0.1) is 11.3 Å². The third kappa shape index (κ3) is 4.56. The molecule has 0 bridgehead atoms. The van der Waals surface area contributed by atoms with Crippen LogP contribution in [0.4, 0.5) is 5.00 Å². The van der Waals surface area contributed by atoms with Crippen LogP contribution in [0.5, 0.6) is 0 Å². The van der Waals surface area contributed by atoms with E-state index in [1.807, 2.05) is 13.0 Å². The SMILES string of the molecule is CCOC(=O)c1c(NC(=O)[C@H](C)Sc2nc(=O)n3ccc(C)cc3n2)sc2c1CCCC2. The zero-order chi connectivity index (χ0) is 22.8. The van der Waals surface area contributed by atoms with Gasteiger partial charge in [-0.2, -0.15) is 4.98 Å². The van der Waals surface area contributed by atoms with Crippen LogP contribution >= 0.6 is 23.1 Å². The van der Waals surface area contributed by atoms with Gasteiger partial charge in [-0.25, -0.2) is 14.6 Å². The number of carbonyl (C=O) groups excluding carboxylic acids is 2. The summed E-state index contributed by atoms with van der Waals surface area (Å²) < 4.78 is 6.61. The van der Waals surface area contributed by atoms with Gasteiger partial charge in [0.15, 0.2) is 5.16 Å². The fourth-order valence-electron chi connectivity index (χ4n) is 3.65. The Hall–Kier alpha value is -2.72. The number of aromatic nitrogens is 3. The maximum Gasteiger partial charge on any atom is 0.355 e. The summed E-state index contributed by atoms with van der Waals surface area (Å²) in [5.41, 5.74) is 2.48. The van der Waals surface area contributed by atoms with Gasteiger partial charge < -0.3 is 10.1 Å². The van der Waals surface area contributed by atoms with Crippen LogP contribution in [-0.2, 0) is 22.4 Å². The van der Waals surface area contributed by atoms with Gasteiger partial charge in [-0.05, 0) is 69.7 Å². The van der Waals surface area contributed by atoms with Gasteiger partial charge in [-0.1, -0.05) is 11.8 Å². The van der Waals surface area contributed by atoms with Crippen LogP contribution in [0.3, 0.4) is 0 Å². The summed E-state index contributed by atoms with van der Waals surface area (Å²) in [4.78, 5) is 47.4. The first-order valence-electron chi connectivity index (χ1n) is 10.5. The molecule has 1 amide bonds. The van der Waals surface area contributed by atoms with E-state index < -0.39 is 16.9 Å². The van der Waals surface area contributed by atoms with Gasteiger partial charge in [-0.3, -0.25) is 9.20 Å². The number of thioether (sulfide) groups is 1. The second kappa shape index (κ2) is 9.41. The summed E-state index contributed by atoms with van der Waals surface area (Å²) in [7, 11) is 0. The highest BCUT2D eigenvalue weighted by atomic mass is 32.2. The van der Waals surface area contributed by atoms with Crippen molar-refractivity contribution in [1.29, 1.82) is 0 Å². The smallest absolute Gasteiger partial charge is 0.355 e. The predicted molar refractivity (Wildman–Crippen MR) is 125 cm³/mol. The van der Waals surface area contributed by atoms with Crippen molar-refractivity contribution in [3.8, 4) is 0 Å². The molecule has 0 saturated carbocycles. The molecule has 3 aromatic heterocycles. The standard InChI is InChI=1S/C22H24N4O4S2/c1-4-30-20(28)17-14-7-5-6-8-15(14)32-19(17)24-18(27)13(3)31-21-23-16-11-12(2)9-10-26(16)22(29)25-21/h9-11,13H,4-8H2,1-3H3,(H,24,27)/t13-/m0/s1. The van der Waals surface area contributed by atoms with Crippen molar-refractivity contribution in [2.75, 3.05) is 11.9 Å². The van der Waals surface area contributed by atoms with Crippen LogP contribution in [0.2, 0.25) is 0 Å². The molecule has 0 aromatic carbocycles. The van der Waals surface area contributed by atoms with Gasteiger partial charge >= 0.3 is 11.7 Å². The van der Waals surface area contributed by atoms with E-state index in [0.717, 1.165) is 53.4 Å². The molecule has 0 fully saturated rings. The molecule has 32 heavy (non-hydrogen) atoms. The number of carbonyl (C=O) groups is 2. The average molecular weight is 473 g/mol. The first-order valence-corrected chi connectivity index (χ1v) is 12.2. The Morgan fingerprint density at radius 3 is 2.88 bits per heavy atom. The highest BCUT2D eigenvalue weighted by Gasteiger charge is 2.28. The summed E-state index contributed by atoms with van der Waals surface area (Å²) >= 11 is 2.55. The van der Waals surface area contributed by atoms with Crippen LogP contribution in [0.1, 0.15) is 53.1 Å². The van der Waals surface area contributed by atoms with E-state index in [2.05, 4.69) is 15.3 Å². The normalized spacial score (nSPS) is 14.1. The van der Waals surface area contributed by atoms with Crippen LogP contribution < -0.4 is 11.0 Å². The monoisotopic (exact) mass is 472 g/mol. The van der Waals surface area contributed by atoms with Gasteiger partial charge in [0.1, 0.15) is 10.6 Å². The number of rotatable bonds is 6. The second-order valence-electron chi connectivity index (χ2n) is 7.61. The molecule has 0 aliphatic heterocycles. The summed E-state index contributed by atoms with van der Waals surface area (Å²) in [5.74, 6) is -0.684. The van der Waals surface area contributed by atoms with Crippen molar-refractivity contribution < 1.29 is 14.3 Å². The Morgan fingerprint density at radius 1 is 1.31 bits per heavy atom. The predicted octanol–water partition coefficient (Wildman–Crippen LogP) is 3.63. The first-order chi connectivity index (χ1) is 15.4. The number of nitrogens with zero attached hydrogens (tertiary/aromatic N) is 3. The molecule has 8 nitrogen and oxygen atoms in total. The van der Waals surface area contributed by atoms with Gasteiger partial charge in [0.25, 0.3) is 0 Å². The third-order valence-electron chi connectivity index (χ3n) is 5.24. The number of hydrogen-bond acceptors (Lipinski definition) is 8. The lowest BCUT2D eigenvalue weighted by molar-refractivity contribution is -0.115. The molecular weight excluding hydrogens is 448 g/mol. The number of hydrogen-bond donors (Lipinski definition) is 1. The summed E-state index contributed by atoms with van der Waals surface area (Å²) in [6.45, 7) is 5.68. The zero-order valence-electron chi connectivity index (χ0n) is 18.1. The largest absolute Gasteiger partial charge is 0.462 e.